The molecule has 3 nitrogen and oxygen atoms in total. The topological polar surface area (TPSA) is 59.6 Å². The summed E-state index contributed by atoms with van der Waals surface area (Å²) in [4.78, 5) is 0. The lowest BCUT2D eigenvalue weighted by Gasteiger charge is -2.23. The minimum Gasteiger partial charge on any atom is -0.315 e. The molecular formula is C10H17N3. The third kappa shape index (κ3) is 7.31. The number of rotatable bonds is 6. The lowest BCUT2D eigenvalue weighted by molar-refractivity contribution is 0.320. The Kier molecular flexibility index (Phi) is 5.93. The number of nitriles is 2. The first-order valence-electron chi connectivity index (χ1n) is 4.57. The molecule has 0 saturated heterocycles. The molecule has 0 unspecified atom stereocenters. The lowest BCUT2D eigenvalue weighted by atomic mass is 9.88. The zero-order chi connectivity index (χ0) is 10.2. The summed E-state index contributed by atoms with van der Waals surface area (Å²) >= 11 is 0. The maximum Gasteiger partial charge on any atom is 0.0635 e. The molecule has 0 aromatic carbocycles. The van der Waals surface area contributed by atoms with Crippen LogP contribution in [0.4, 0.5) is 0 Å². The fraction of sp³-hybridized carbons (Fsp3) is 0.800. The Labute approximate surface area is 80.4 Å². The molecule has 0 aromatic heterocycles. The number of hydrogen-bond donors (Lipinski definition) is 1. The lowest BCUT2D eigenvalue weighted by Crippen LogP contribution is -2.29. The SMILES string of the molecule is CC(C)(CCC#N)CNCCC#N. The van der Waals surface area contributed by atoms with Gasteiger partial charge in [-0.05, 0) is 11.8 Å². The number of nitrogens with one attached hydrogen (secondary N) is 1. The molecular weight excluding hydrogens is 162 g/mol. The van der Waals surface area contributed by atoms with Gasteiger partial charge in [-0.2, -0.15) is 10.5 Å². The smallest absolute Gasteiger partial charge is 0.0635 e. The van der Waals surface area contributed by atoms with Crippen LogP contribution in [0.3, 0.4) is 0 Å². The third-order valence-electron chi connectivity index (χ3n) is 1.93. The normalized spacial score (nSPS) is 10.5. The highest BCUT2D eigenvalue weighted by Gasteiger charge is 2.16. The van der Waals surface area contributed by atoms with Gasteiger partial charge in [0, 0.05) is 25.9 Å². The van der Waals surface area contributed by atoms with E-state index in [1.165, 1.54) is 0 Å². The molecule has 0 amide bonds. The zero-order valence-corrected chi connectivity index (χ0v) is 8.43. The van der Waals surface area contributed by atoms with Gasteiger partial charge in [0.05, 0.1) is 12.1 Å². The van der Waals surface area contributed by atoms with Crippen molar-refractivity contribution in [1.82, 2.24) is 5.32 Å². The highest BCUT2D eigenvalue weighted by molar-refractivity contribution is 4.79. The van der Waals surface area contributed by atoms with Gasteiger partial charge in [-0.15, -0.1) is 0 Å². The summed E-state index contributed by atoms with van der Waals surface area (Å²) in [6.07, 6.45) is 2.06. The molecule has 1 N–H and O–H groups in total. The molecule has 13 heavy (non-hydrogen) atoms. The van der Waals surface area contributed by atoms with Gasteiger partial charge in [0.15, 0.2) is 0 Å². The van der Waals surface area contributed by atoms with Crippen LogP contribution in [0, 0.1) is 28.1 Å². The molecule has 0 aliphatic heterocycles. The maximum atomic E-state index is 8.43. The summed E-state index contributed by atoms with van der Waals surface area (Å²) in [7, 11) is 0. The van der Waals surface area contributed by atoms with E-state index in [-0.39, 0.29) is 5.41 Å². The fourth-order valence-corrected chi connectivity index (χ4v) is 1.05. The van der Waals surface area contributed by atoms with Gasteiger partial charge < -0.3 is 5.32 Å². The van der Waals surface area contributed by atoms with Crippen LogP contribution in [0.2, 0.25) is 0 Å². The Bertz CT molecular complexity index is 207. The van der Waals surface area contributed by atoms with Crippen molar-refractivity contribution < 1.29 is 0 Å². The van der Waals surface area contributed by atoms with E-state index in [0.717, 1.165) is 19.5 Å². The summed E-state index contributed by atoms with van der Waals surface area (Å²) in [5.41, 5.74) is 0.158. The Morgan fingerprint density at radius 2 is 1.77 bits per heavy atom. The fourth-order valence-electron chi connectivity index (χ4n) is 1.05. The molecule has 0 rings (SSSR count). The highest BCUT2D eigenvalue weighted by atomic mass is 14.9. The maximum absolute atomic E-state index is 8.43. The molecule has 0 radical (unpaired) electrons. The van der Waals surface area contributed by atoms with Gasteiger partial charge in [-0.3, -0.25) is 0 Å². The van der Waals surface area contributed by atoms with Crippen molar-refractivity contribution in [3.63, 3.8) is 0 Å². The Morgan fingerprint density at radius 1 is 1.15 bits per heavy atom. The Morgan fingerprint density at radius 3 is 2.31 bits per heavy atom. The summed E-state index contributed by atoms with van der Waals surface area (Å²) in [6.45, 7) is 5.87. The third-order valence-corrected chi connectivity index (χ3v) is 1.93. The molecule has 0 spiro atoms. The summed E-state index contributed by atoms with van der Waals surface area (Å²) < 4.78 is 0. The van der Waals surface area contributed by atoms with Crippen LogP contribution in [0.5, 0.6) is 0 Å². The predicted molar refractivity (Wildman–Crippen MR) is 51.7 cm³/mol. The van der Waals surface area contributed by atoms with Crippen LogP contribution < -0.4 is 5.32 Å². The van der Waals surface area contributed by atoms with Crippen LogP contribution in [-0.2, 0) is 0 Å². The van der Waals surface area contributed by atoms with Crippen molar-refractivity contribution >= 4 is 0 Å². The molecule has 3 heteroatoms. The second-order valence-corrected chi connectivity index (χ2v) is 3.91. The van der Waals surface area contributed by atoms with Gasteiger partial charge in [-0.1, -0.05) is 13.8 Å². The van der Waals surface area contributed by atoms with Crippen molar-refractivity contribution in [2.45, 2.75) is 33.1 Å². The minimum atomic E-state index is 0.158. The van der Waals surface area contributed by atoms with E-state index >= 15 is 0 Å². The molecule has 0 atom stereocenters. The van der Waals surface area contributed by atoms with E-state index in [4.69, 9.17) is 10.5 Å². The van der Waals surface area contributed by atoms with Gasteiger partial charge >= 0.3 is 0 Å². The van der Waals surface area contributed by atoms with Crippen molar-refractivity contribution in [2.75, 3.05) is 13.1 Å². The highest BCUT2D eigenvalue weighted by Crippen LogP contribution is 2.20. The van der Waals surface area contributed by atoms with Gasteiger partial charge in [-0.25, -0.2) is 0 Å². The average molecular weight is 179 g/mol. The van der Waals surface area contributed by atoms with E-state index in [9.17, 15) is 0 Å². The van der Waals surface area contributed by atoms with Gasteiger partial charge in [0.2, 0.25) is 0 Å². The molecule has 0 aliphatic rings. The van der Waals surface area contributed by atoms with Crippen molar-refractivity contribution in [1.29, 1.82) is 10.5 Å². The van der Waals surface area contributed by atoms with Crippen LogP contribution in [0.1, 0.15) is 33.1 Å². The minimum absolute atomic E-state index is 0.158. The Hall–Kier alpha value is -1.06. The molecule has 0 heterocycles. The standard InChI is InChI=1S/C10H17N3/c1-10(2,5-3-6-11)9-13-8-4-7-12/h13H,3-5,8-9H2,1-2H3. The average Bonchev–Trinajstić information content (AvgIpc) is 2.09. The van der Waals surface area contributed by atoms with Crippen molar-refractivity contribution in [3.8, 4) is 12.1 Å². The van der Waals surface area contributed by atoms with Crippen LogP contribution in [0.25, 0.3) is 0 Å². The van der Waals surface area contributed by atoms with E-state index in [1.807, 2.05) is 0 Å². The van der Waals surface area contributed by atoms with E-state index < -0.39 is 0 Å². The van der Waals surface area contributed by atoms with Crippen LogP contribution in [0.15, 0.2) is 0 Å². The second kappa shape index (κ2) is 6.46. The van der Waals surface area contributed by atoms with E-state index in [1.54, 1.807) is 0 Å². The number of hydrogen-bond acceptors (Lipinski definition) is 3. The molecule has 0 bridgehead atoms. The summed E-state index contributed by atoms with van der Waals surface area (Å²) in [6, 6.07) is 4.23. The molecule has 72 valence electrons. The Balaban J connectivity index is 3.52. The monoisotopic (exact) mass is 179 g/mol. The van der Waals surface area contributed by atoms with Crippen LogP contribution in [-0.4, -0.2) is 13.1 Å². The largest absolute Gasteiger partial charge is 0.315 e. The van der Waals surface area contributed by atoms with E-state index in [0.29, 0.717) is 12.8 Å². The molecule has 0 aliphatic carbocycles. The molecule has 0 saturated carbocycles. The first-order chi connectivity index (χ1) is 6.12. The predicted octanol–water partition coefficient (Wildman–Crippen LogP) is 1.82. The van der Waals surface area contributed by atoms with Crippen molar-refractivity contribution in [3.05, 3.63) is 0 Å². The molecule has 0 fully saturated rings. The van der Waals surface area contributed by atoms with E-state index in [2.05, 4.69) is 31.3 Å². The number of nitrogens with zero attached hydrogens (tertiary/aromatic N) is 2. The molecule has 0 aromatic rings. The zero-order valence-electron chi connectivity index (χ0n) is 8.43. The summed E-state index contributed by atoms with van der Waals surface area (Å²) in [5.74, 6) is 0. The first-order valence-corrected chi connectivity index (χ1v) is 4.57. The second-order valence-electron chi connectivity index (χ2n) is 3.91. The van der Waals surface area contributed by atoms with Crippen LogP contribution >= 0.6 is 0 Å². The quantitative estimate of drug-likeness (QED) is 0.633. The summed E-state index contributed by atoms with van der Waals surface area (Å²) in [5, 5.41) is 19.9. The van der Waals surface area contributed by atoms with Gasteiger partial charge in [0.25, 0.3) is 0 Å². The van der Waals surface area contributed by atoms with Gasteiger partial charge in [0.1, 0.15) is 0 Å². The van der Waals surface area contributed by atoms with Crippen molar-refractivity contribution in [2.24, 2.45) is 5.41 Å². The first kappa shape index (κ1) is 11.9.